The van der Waals surface area contributed by atoms with Crippen LogP contribution in [0.15, 0.2) is 24.3 Å². The minimum Gasteiger partial charge on any atom is -0.406 e. The van der Waals surface area contributed by atoms with E-state index in [0.717, 1.165) is 32.6 Å². The van der Waals surface area contributed by atoms with Gasteiger partial charge in [-0.25, -0.2) is 0 Å². The molecule has 1 saturated carbocycles. The second-order valence-corrected chi connectivity index (χ2v) is 8.23. The molecule has 0 amide bonds. The zero-order valence-electron chi connectivity index (χ0n) is 16.0. The molecule has 27 heavy (non-hydrogen) atoms. The Morgan fingerprint density at radius 2 is 1.96 bits per heavy atom. The summed E-state index contributed by atoms with van der Waals surface area (Å²) >= 11 is 0. The van der Waals surface area contributed by atoms with Crippen molar-refractivity contribution in [2.24, 2.45) is 5.92 Å². The maximum atomic E-state index is 12.6. The van der Waals surface area contributed by atoms with E-state index in [2.05, 4.69) is 28.5 Å². The average Bonchev–Trinajstić information content (AvgIpc) is 2.93. The number of likely N-dealkylation sites (N-methyl/N-ethyl adjacent to an activating group) is 1. The number of halogens is 3. The van der Waals surface area contributed by atoms with Gasteiger partial charge in [-0.3, -0.25) is 0 Å². The molecule has 4 nitrogen and oxygen atoms in total. The first-order chi connectivity index (χ1) is 12.6. The number of alkyl halides is 3. The molecule has 2 fully saturated rings. The minimum atomic E-state index is -4.72. The van der Waals surface area contributed by atoms with Crippen molar-refractivity contribution in [2.75, 3.05) is 39.8 Å². The van der Waals surface area contributed by atoms with Crippen molar-refractivity contribution >= 4 is 0 Å². The SMILES string of the molecule is C[C@H]1CCC(O)(C(CN2CCN(C)CC2)c2cccc(OC(F)(F)F)c2)C1. The molecule has 0 bridgehead atoms. The van der Waals surface area contributed by atoms with Gasteiger partial charge >= 0.3 is 6.36 Å². The predicted molar refractivity (Wildman–Crippen MR) is 97.8 cm³/mol. The quantitative estimate of drug-likeness (QED) is 0.841. The van der Waals surface area contributed by atoms with Crippen LogP contribution in [0.3, 0.4) is 0 Å². The zero-order chi connectivity index (χ0) is 19.7. The first kappa shape index (κ1) is 20.4. The smallest absolute Gasteiger partial charge is 0.406 e. The lowest BCUT2D eigenvalue weighted by molar-refractivity contribution is -0.274. The van der Waals surface area contributed by atoms with Crippen molar-refractivity contribution in [1.82, 2.24) is 9.80 Å². The monoisotopic (exact) mass is 386 g/mol. The lowest BCUT2D eigenvalue weighted by atomic mass is 9.79. The summed E-state index contributed by atoms with van der Waals surface area (Å²) in [5.74, 6) is -0.0414. The minimum absolute atomic E-state index is 0.224. The van der Waals surface area contributed by atoms with E-state index in [4.69, 9.17) is 0 Å². The molecule has 1 aromatic rings. The predicted octanol–water partition coefficient (Wildman–Crippen LogP) is 3.47. The number of aliphatic hydroxyl groups is 1. The summed E-state index contributed by atoms with van der Waals surface area (Å²) < 4.78 is 42.0. The van der Waals surface area contributed by atoms with E-state index >= 15 is 0 Å². The second kappa shape index (κ2) is 7.97. The van der Waals surface area contributed by atoms with Gasteiger partial charge < -0.3 is 19.6 Å². The van der Waals surface area contributed by atoms with E-state index in [0.29, 0.717) is 30.9 Å². The van der Waals surface area contributed by atoms with Gasteiger partial charge in [0.2, 0.25) is 0 Å². The van der Waals surface area contributed by atoms with Gasteiger partial charge in [0, 0.05) is 38.6 Å². The van der Waals surface area contributed by atoms with Crippen molar-refractivity contribution in [1.29, 1.82) is 0 Å². The van der Waals surface area contributed by atoms with Crippen LogP contribution >= 0.6 is 0 Å². The Morgan fingerprint density at radius 3 is 2.56 bits per heavy atom. The van der Waals surface area contributed by atoms with E-state index in [1.165, 1.54) is 12.1 Å². The van der Waals surface area contributed by atoms with Crippen LogP contribution in [0.5, 0.6) is 5.75 Å². The van der Waals surface area contributed by atoms with Gasteiger partial charge in [-0.15, -0.1) is 13.2 Å². The standard InChI is InChI=1S/C20H29F3N2O2/c1-15-6-7-19(26,13-15)18(14-25-10-8-24(2)9-11-25)16-4-3-5-17(12-16)27-20(21,22)23/h3-5,12,15,18,26H,6-11,13-14H2,1-2H3/t15-,18?,19?/m0/s1. The summed E-state index contributed by atoms with van der Waals surface area (Å²) in [6.07, 6.45) is -2.43. The van der Waals surface area contributed by atoms with Gasteiger partial charge in [0.15, 0.2) is 0 Å². The van der Waals surface area contributed by atoms with Crippen LogP contribution in [0.25, 0.3) is 0 Å². The molecule has 7 heteroatoms. The highest BCUT2D eigenvalue weighted by Gasteiger charge is 2.44. The Kier molecular flexibility index (Phi) is 6.03. The maximum Gasteiger partial charge on any atom is 0.573 e. The number of benzene rings is 1. The van der Waals surface area contributed by atoms with Crippen LogP contribution in [-0.2, 0) is 0 Å². The molecule has 3 rings (SSSR count). The fourth-order valence-electron chi connectivity index (χ4n) is 4.42. The number of hydrogen-bond acceptors (Lipinski definition) is 4. The molecule has 1 aliphatic heterocycles. The van der Waals surface area contributed by atoms with Crippen molar-refractivity contribution in [3.63, 3.8) is 0 Å². The second-order valence-electron chi connectivity index (χ2n) is 8.23. The number of rotatable bonds is 5. The van der Waals surface area contributed by atoms with Crippen LogP contribution in [-0.4, -0.2) is 66.6 Å². The highest BCUT2D eigenvalue weighted by Crippen LogP contribution is 2.45. The Labute approximate surface area is 158 Å². The summed E-state index contributed by atoms with van der Waals surface area (Å²) in [5.41, 5.74) is -0.174. The highest BCUT2D eigenvalue weighted by molar-refractivity contribution is 5.33. The van der Waals surface area contributed by atoms with Gasteiger partial charge in [0.1, 0.15) is 5.75 Å². The fourth-order valence-corrected chi connectivity index (χ4v) is 4.42. The van der Waals surface area contributed by atoms with Crippen molar-refractivity contribution in [3.8, 4) is 5.75 Å². The summed E-state index contributed by atoms with van der Waals surface area (Å²) in [4.78, 5) is 4.57. The number of ether oxygens (including phenoxy) is 1. The molecule has 0 radical (unpaired) electrons. The molecular formula is C20H29F3N2O2. The summed E-state index contributed by atoms with van der Waals surface area (Å²) in [6, 6.07) is 6.14. The van der Waals surface area contributed by atoms with Crippen LogP contribution in [0, 0.1) is 5.92 Å². The van der Waals surface area contributed by atoms with Gasteiger partial charge in [-0.2, -0.15) is 0 Å². The maximum absolute atomic E-state index is 12.6. The topological polar surface area (TPSA) is 35.9 Å². The van der Waals surface area contributed by atoms with Crippen molar-refractivity contribution < 1.29 is 23.0 Å². The molecule has 1 heterocycles. The number of piperazine rings is 1. The molecule has 1 N–H and O–H groups in total. The largest absolute Gasteiger partial charge is 0.573 e. The van der Waals surface area contributed by atoms with Crippen LogP contribution in [0.2, 0.25) is 0 Å². The first-order valence-electron chi connectivity index (χ1n) is 9.64. The van der Waals surface area contributed by atoms with E-state index in [1.807, 2.05) is 6.07 Å². The summed E-state index contributed by atoms with van der Waals surface area (Å²) in [7, 11) is 2.08. The van der Waals surface area contributed by atoms with Gasteiger partial charge in [0.05, 0.1) is 5.60 Å². The Morgan fingerprint density at radius 1 is 1.26 bits per heavy atom. The molecule has 3 atom stereocenters. The molecule has 2 aliphatic rings. The van der Waals surface area contributed by atoms with Gasteiger partial charge in [-0.05, 0) is 49.9 Å². The van der Waals surface area contributed by atoms with Crippen LogP contribution in [0.4, 0.5) is 13.2 Å². The Hall–Kier alpha value is -1.31. The van der Waals surface area contributed by atoms with Gasteiger partial charge in [0.25, 0.3) is 0 Å². The lowest BCUT2D eigenvalue weighted by Gasteiger charge is -2.40. The Balaban J connectivity index is 1.84. The molecule has 1 aromatic carbocycles. The molecule has 0 aromatic heterocycles. The fraction of sp³-hybridized carbons (Fsp3) is 0.700. The highest BCUT2D eigenvalue weighted by atomic mass is 19.4. The summed E-state index contributed by atoms with van der Waals surface area (Å²) in [5, 5.41) is 11.4. The number of hydrogen-bond donors (Lipinski definition) is 1. The van der Waals surface area contributed by atoms with Crippen molar-refractivity contribution in [2.45, 2.75) is 44.1 Å². The first-order valence-corrected chi connectivity index (χ1v) is 9.64. The van der Waals surface area contributed by atoms with Crippen LogP contribution < -0.4 is 4.74 Å². The molecule has 2 unspecified atom stereocenters. The number of nitrogens with zero attached hydrogens (tertiary/aromatic N) is 2. The normalized spacial score (nSPS) is 29.0. The van der Waals surface area contributed by atoms with E-state index < -0.39 is 12.0 Å². The van der Waals surface area contributed by atoms with Gasteiger partial charge in [-0.1, -0.05) is 19.1 Å². The summed E-state index contributed by atoms with van der Waals surface area (Å²) in [6.45, 7) is 6.48. The van der Waals surface area contributed by atoms with Crippen LogP contribution in [0.1, 0.15) is 37.7 Å². The lowest BCUT2D eigenvalue weighted by Crippen LogP contribution is -2.49. The molecule has 152 valence electrons. The molecule has 0 spiro atoms. The van der Waals surface area contributed by atoms with E-state index in [1.54, 1.807) is 6.07 Å². The average molecular weight is 386 g/mol. The van der Waals surface area contributed by atoms with Crippen molar-refractivity contribution in [3.05, 3.63) is 29.8 Å². The third-order valence-electron chi connectivity index (χ3n) is 5.95. The van der Waals surface area contributed by atoms with E-state index in [9.17, 15) is 18.3 Å². The molecule has 1 saturated heterocycles. The third-order valence-corrected chi connectivity index (χ3v) is 5.95. The third kappa shape index (κ3) is 5.36. The Bertz CT molecular complexity index is 632. The molecular weight excluding hydrogens is 357 g/mol. The molecule has 1 aliphatic carbocycles. The van der Waals surface area contributed by atoms with E-state index in [-0.39, 0.29) is 11.7 Å². The zero-order valence-corrected chi connectivity index (χ0v) is 16.0.